The van der Waals surface area contributed by atoms with E-state index in [0.717, 1.165) is 51.0 Å². The zero-order valence-electron chi connectivity index (χ0n) is 12.5. The highest BCUT2D eigenvalue weighted by Crippen LogP contribution is 2.12. The Balaban J connectivity index is 1.66. The zero-order valence-corrected chi connectivity index (χ0v) is 12.5. The predicted octanol–water partition coefficient (Wildman–Crippen LogP) is 1.73. The number of benzene rings is 1. The van der Waals surface area contributed by atoms with E-state index in [1.54, 1.807) is 4.90 Å². The van der Waals surface area contributed by atoms with Crippen LogP contribution in [0, 0.1) is 0 Å². The monoisotopic (exact) mass is 291 g/mol. The van der Waals surface area contributed by atoms with E-state index in [4.69, 9.17) is 10.5 Å². The smallest absolute Gasteiger partial charge is 0.410 e. The molecule has 116 valence electrons. The number of nitrogens with one attached hydrogen (secondary N) is 1. The van der Waals surface area contributed by atoms with Crippen molar-refractivity contribution in [1.82, 2.24) is 10.2 Å². The second kappa shape index (κ2) is 8.64. The maximum atomic E-state index is 12.0. The molecule has 1 amide bonds. The molecule has 3 N–H and O–H groups in total. The summed E-state index contributed by atoms with van der Waals surface area (Å²) < 4.78 is 5.35. The van der Waals surface area contributed by atoms with Crippen molar-refractivity contribution in [2.75, 3.05) is 26.2 Å². The van der Waals surface area contributed by atoms with E-state index < -0.39 is 0 Å². The lowest BCUT2D eigenvalue weighted by Gasteiger charge is -2.31. The highest BCUT2D eigenvalue weighted by Gasteiger charge is 2.23. The third-order valence-corrected chi connectivity index (χ3v) is 3.77. The van der Waals surface area contributed by atoms with Crippen LogP contribution in [-0.2, 0) is 11.3 Å². The summed E-state index contributed by atoms with van der Waals surface area (Å²) in [5.41, 5.74) is 6.50. The highest BCUT2D eigenvalue weighted by atomic mass is 16.6. The van der Waals surface area contributed by atoms with Crippen molar-refractivity contribution in [3.63, 3.8) is 0 Å². The van der Waals surface area contributed by atoms with Gasteiger partial charge in [-0.05, 0) is 37.9 Å². The van der Waals surface area contributed by atoms with Gasteiger partial charge in [0.2, 0.25) is 0 Å². The fraction of sp³-hybridized carbons (Fsp3) is 0.562. The van der Waals surface area contributed by atoms with Crippen LogP contribution in [0.2, 0.25) is 0 Å². The lowest BCUT2D eigenvalue weighted by molar-refractivity contribution is 0.0853. The third-order valence-electron chi connectivity index (χ3n) is 3.77. The van der Waals surface area contributed by atoms with Gasteiger partial charge < -0.3 is 20.7 Å². The maximum Gasteiger partial charge on any atom is 0.410 e. The SMILES string of the molecule is NCCCNC1CCN(C(=O)OCc2ccccc2)CC1. The van der Waals surface area contributed by atoms with Gasteiger partial charge in [0.15, 0.2) is 0 Å². The summed E-state index contributed by atoms with van der Waals surface area (Å²) in [5, 5.41) is 3.48. The molecule has 2 rings (SSSR count). The molecule has 1 aliphatic heterocycles. The van der Waals surface area contributed by atoms with Gasteiger partial charge in [-0.3, -0.25) is 0 Å². The second-order valence-corrected chi connectivity index (χ2v) is 5.40. The minimum absolute atomic E-state index is 0.209. The minimum atomic E-state index is -0.209. The van der Waals surface area contributed by atoms with Crippen molar-refractivity contribution in [3.05, 3.63) is 35.9 Å². The number of hydrogen-bond donors (Lipinski definition) is 2. The molecule has 0 radical (unpaired) electrons. The van der Waals surface area contributed by atoms with Gasteiger partial charge in [0, 0.05) is 19.1 Å². The van der Waals surface area contributed by atoms with Crippen molar-refractivity contribution in [2.24, 2.45) is 5.73 Å². The standard InChI is InChI=1S/C16H25N3O2/c17-9-4-10-18-15-7-11-19(12-8-15)16(20)21-13-14-5-2-1-3-6-14/h1-3,5-6,15,18H,4,7-13,17H2. The predicted molar refractivity (Wildman–Crippen MR) is 82.9 cm³/mol. The number of carbonyl (C=O) groups excluding carboxylic acids is 1. The Hall–Kier alpha value is -1.59. The number of rotatable bonds is 6. The summed E-state index contributed by atoms with van der Waals surface area (Å²) in [6.45, 7) is 3.54. The van der Waals surface area contributed by atoms with Gasteiger partial charge in [-0.2, -0.15) is 0 Å². The van der Waals surface area contributed by atoms with Crippen LogP contribution < -0.4 is 11.1 Å². The molecule has 5 heteroatoms. The largest absolute Gasteiger partial charge is 0.445 e. The van der Waals surface area contributed by atoms with Crippen LogP contribution in [0.25, 0.3) is 0 Å². The number of nitrogens with two attached hydrogens (primary N) is 1. The summed E-state index contributed by atoms with van der Waals surface area (Å²) in [4.78, 5) is 13.8. The van der Waals surface area contributed by atoms with Gasteiger partial charge in [-0.1, -0.05) is 30.3 Å². The highest BCUT2D eigenvalue weighted by molar-refractivity contribution is 5.67. The lowest BCUT2D eigenvalue weighted by Crippen LogP contribution is -2.45. The quantitative estimate of drug-likeness (QED) is 0.783. The van der Waals surface area contributed by atoms with E-state index in [1.807, 2.05) is 30.3 Å². The molecular formula is C16H25N3O2. The van der Waals surface area contributed by atoms with Crippen molar-refractivity contribution in [3.8, 4) is 0 Å². The average Bonchev–Trinajstić information content (AvgIpc) is 2.54. The van der Waals surface area contributed by atoms with Gasteiger partial charge in [0.1, 0.15) is 6.61 Å². The van der Waals surface area contributed by atoms with Crippen LogP contribution >= 0.6 is 0 Å². The van der Waals surface area contributed by atoms with Crippen LogP contribution in [0.5, 0.6) is 0 Å². The molecule has 1 aromatic rings. The van der Waals surface area contributed by atoms with Gasteiger partial charge in [-0.25, -0.2) is 4.79 Å². The number of nitrogens with zero attached hydrogens (tertiary/aromatic N) is 1. The van der Waals surface area contributed by atoms with E-state index in [1.165, 1.54) is 0 Å². The molecule has 0 saturated carbocycles. The molecule has 0 aliphatic carbocycles. The lowest BCUT2D eigenvalue weighted by atomic mass is 10.1. The van der Waals surface area contributed by atoms with Crippen molar-refractivity contribution >= 4 is 6.09 Å². The summed E-state index contributed by atoms with van der Waals surface area (Å²) in [7, 11) is 0. The van der Waals surface area contributed by atoms with Gasteiger partial charge >= 0.3 is 6.09 Å². The summed E-state index contributed by atoms with van der Waals surface area (Å²) in [6.07, 6.45) is 2.74. The molecular weight excluding hydrogens is 266 g/mol. The number of carbonyl (C=O) groups is 1. The van der Waals surface area contributed by atoms with Gasteiger partial charge in [0.05, 0.1) is 0 Å². The molecule has 1 aliphatic rings. The Morgan fingerprint density at radius 2 is 2.00 bits per heavy atom. The molecule has 1 saturated heterocycles. The van der Waals surface area contributed by atoms with E-state index in [-0.39, 0.29) is 6.09 Å². The van der Waals surface area contributed by atoms with Gasteiger partial charge in [0.25, 0.3) is 0 Å². The number of amides is 1. The fourth-order valence-electron chi connectivity index (χ4n) is 2.49. The Labute approximate surface area is 126 Å². The van der Waals surface area contributed by atoms with Crippen molar-refractivity contribution < 1.29 is 9.53 Å². The summed E-state index contributed by atoms with van der Waals surface area (Å²) >= 11 is 0. The summed E-state index contributed by atoms with van der Waals surface area (Å²) in [5.74, 6) is 0. The first kappa shape index (κ1) is 15.8. The molecule has 0 atom stereocenters. The summed E-state index contributed by atoms with van der Waals surface area (Å²) in [6, 6.07) is 10.3. The van der Waals surface area contributed by atoms with E-state index in [2.05, 4.69) is 5.32 Å². The second-order valence-electron chi connectivity index (χ2n) is 5.40. The number of ether oxygens (including phenoxy) is 1. The minimum Gasteiger partial charge on any atom is -0.445 e. The average molecular weight is 291 g/mol. The van der Waals surface area contributed by atoms with E-state index in [9.17, 15) is 4.79 Å². The maximum absolute atomic E-state index is 12.0. The molecule has 21 heavy (non-hydrogen) atoms. The Bertz CT molecular complexity index is 417. The van der Waals surface area contributed by atoms with Crippen LogP contribution in [0.3, 0.4) is 0 Å². The Morgan fingerprint density at radius 3 is 2.67 bits per heavy atom. The molecule has 0 spiro atoms. The zero-order chi connectivity index (χ0) is 14.9. The molecule has 1 heterocycles. The Kier molecular flexibility index (Phi) is 6.50. The molecule has 1 fully saturated rings. The van der Waals surface area contributed by atoms with Crippen LogP contribution in [-0.4, -0.2) is 43.2 Å². The molecule has 0 bridgehead atoms. The van der Waals surface area contributed by atoms with E-state index >= 15 is 0 Å². The van der Waals surface area contributed by atoms with Crippen molar-refractivity contribution in [2.45, 2.75) is 31.9 Å². The van der Waals surface area contributed by atoms with Crippen LogP contribution in [0.15, 0.2) is 30.3 Å². The first-order valence-corrected chi connectivity index (χ1v) is 7.68. The molecule has 1 aromatic carbocycles. The molecule has 0 aromatic heterocycles. The first-order valence-electron chi connectivity index (χ1n) is 7.68. The molecule has 0 unspecified atom stereocenters. The Morgan fingerprint density at radius 1 is 1.29 bits per heavy atom. The van der Waals surface area contributed by atoms with Crippen LogP contribution in [0.4, 0.5) is 4.79 Å². The normalized spacial score (nSPS) is 16.0. The molecule has 5 nitrogen and oxygen atoms in total. The first-order chi connectivity index (χ1) is 10.3. The van der Waals surface area contributed by atoms with Gasteiger partial charge in [-0.15, -0.1) is 0 Å². The van der Waals surface area contributed by atoms with Crippen LogP contribution in [0.1, 0.15) is 24.8 Å². The number of likely N-dealkylation sites (tertiary alicyclic amines) is 1. The fourth-order valence-corrected chi connectivity index (χ4v) is 2.49. The van der Waals surface area contributed by atoms with E-state index in [0.29, 0.717) is 12.6 Å². The number of piperidine rings is 1. The number of hydrogen-bond acceptors (Lipinski definition) is 4. The topological polar surface area (TPSA) is 67.6 Å². The third kappa shape index (κ3) is 5.36. The van der Waals surface area contributed by atoms with Crippen molar-refractivity contribution in [1.29, 1.82) is 0 Å².